The number of carboxylic acids is 1. The van der Waals surface area contributed by atoms with E-state index in [4.69, 9.17) is 21.4 Å². The zero-order valence-corrected chi connectivity index (χ0v) is 11.6. The van der Waals surface area contributed by atoms with Crippen molar-refractivity contribution >= 4 is 23.4 Å². The zero-order chi connectivity index (χ0) is 14.3. The molecule has 1 aromatic rings. The molecule has 0 aromatic heterocycles. The maximum Gasteiger partial charge on any atom is 0.303 e. The monoisotopic (exact) mass is 284 g/mol. The van der Waals surface area contributed by atoms with Crippen LogP contribution in [-0.4, -0.2) is 24.0 Å². The van der Waals surface area contributed by atoms with Crippen LogP contribution in [0.4, 0.5) is 0 Å². The van der Waals surface area contributed by atoms with Crippen molar-refractivity contribution in [2.24, 2.45) is 0 Å². The second kappa shape index (κ2) is 7.79. The van der Waals surface area contributed by atoms with Crippen LogP contribution >= 0.6 is 11.6 Å². The summed E-state index contributed by atoms with van der Waals surface area (Å²) in [5.41, 5.74) is 0.519. The predicted molar refractivity (Wildman–Crippen MR) is 73.1 cm³/mol. The summed E-state index contributed by atoms with van der Waals surface area (Å²) in [5, 5.41) is 9.02. The molecule has 0 unspecified atom stereocenters. The number of carbonyl (C=O) groups is 2. The van der Waals surface area contributed by atoms with Gasteiger partial charge in [0.2, 0.25) is 0 Å². The number of hydrogen-bond acceptors (Lipinski definition) is 3. The molecule has 0 saturated carbocycles. The molecular weight excluding hydrogens is 268 g/mol. The van der Waals surface area contributed by atoms with Crippen molar-refractivity contribution in [2.75, 3.05) is 7.11 Å². The number of methoxy groups -OCH3 is 1. The fraction of sp³-hybridized carbons (Fsp3) is 0.429. The van der Waals surface area contributed by atoms with Crippen molar-refractivity contribution in [3.05, 3.63) is 28.8 Å². The van der Waals surface area contributed by atoms with Crippen LogP contribution in [0.25, 0.3) is 0 Å². The number of halogens is 1. The number of aliphatic carboxylic acids is 1. The Morgan fingerprint density at radius 2 is 1.89 bits per heavy atom. The third-order valence-electron chi connectivity index (χ3n) is 2.76. The van der Waals surface area contributed by atoms with E-state index in [0.717, 1.165) is 6.42 Å². The van der Waals surface area contributed by atoms with E-state index in [1.165, 1.54) is 7.11 Å². The van der Waals surface area contributed by atoms with Crippen LogP contribution in [0.2, 0.25) is 5.02 Å². The van der Waals surface area contributed by atoms with Gasteiger partial charge >= 0.3 is 5.97 Å². The number of carboxylic acid groups (broad SMARTS) is 1. The average Bonchev–Trinajstić information content (AvgIpc) is 2.37. The van der Waals surface area contributed by atoms with Crippen LogP contribution in [0.1, 0.15) is 42.5 Å². The van der Waals surface area contributed by atoms with Gasteiger partial charge < -0.3 is 9.84 Å². The van der Waals surface area contributed by atoms with Crippen LogP contribution in [-0.2, 0) is 4.79 Å². The lowest BCUT2D eigenvalue weighted by Gasteiger charge is -2.07. The van der Waals surface area contributed by atoms with E-state index >= 15 is 0 Å². The van der Waals surface area contributed by atoms with Gasteiger partial charge in [-0.05, 0) is 31.0 Å². The summed E-state index contributed by atoms with van der Waals surface area (Å²) in [6, 6.07) is 4.92. The first-order valence-corrected chi connectivity index (χ1v) is 6.51. The highest BCUT2D eigenvalue weighted by Crippen LogP contribution is 2.24. The minimum Gasteiger partial charge on any atom is -0.496 e. The Morgan fingerprint density at radius 1 is 1.21 bits per heavy atom. The predicted octanol–water partition coefficient (Wildman–Crippen LogP) is 3.57. The highest BCUT2D eigenvalue weighted by Gasteiger charge is 2.12. The van der Waals surface area contributed by atoms with Crippen molar-refractivity contribution in [3.63, 3.8) is 0 Å². The van der Waals surface area contributed by atoms with Crippen LogP contribution in [0.15, 0.2) is 18.2 Å². The van der Waals surface area contributed by atoms with Crippen LogP contribution in [0, 0.1) is 0 Å². The molecule has 0 spiro atoms. The Bertz CT molecular complexity index is 457. The molecule has 1 aromatic carbocycles. The molecule has 0 aliphatic heterocycles. The highest BCUT2D eigenvalue weighted by atomic mass is 35.5. The maximum atomic E-state index is 12.0. The number of benzene rings is 1. The second-order valence-electron chi connectivity index (χ2n) is 4.22. The van der Waals surface area contributed by atoms with Crippen molar-refractivity contribution in [2.45, 2.75) is 32.1 Å². The summed E-state index contributed by atoms with van der Waals surface area (Å²) in [6.45, 7) is 0. The van der Waals surface area contributed by atoms with Gasteiger partial charge in [0.05, 0.1) is 12.7 Å². The number of ketones is 1. The van der Waals surface area contributed by atoms with E-state index < -0.39 is 5.97 Å². The second-order valence-corrected chi connectivity index (χ2v) is 4.66. The van der Waals surface area contributed by atoms with E-state index in [0.29, 0.717) is 35.6 Å². The fourth-order valence-corrected chi connectivity index (χ4v) is 1.93. The zero-order valence-electron chi connectivity index (χ0n) is 10.8. The number of Topliss-reactive ketones (excluding diaryl/α,β-unsaturated/α-hetero) is 1. The SMILES string of the molecule is COc1cc(Cl)ccc1C(=O)CCCCCC(=O)O. The molecule has 1 N–H and O–H groups in total. The summed E-state index contributed by atoms with van der Waals surface area (Å²) < 4.78 is 5.12. The lowest BCUT2D eigenvalue weighted by atomic mass is 10.0. The van der Waals surface area contributed by atoms with E-state index in [-0.39, 0.29) is 12.2 Å². The number of unbranched alkanes of at least 4 members (excludes halogenated alkanes) is 2. The minimum absolute atomic E-state index is 0.0103. The highest BCUT2D eigenvalue weighted by molar-refractivity contribution is 6.30. The number of ether oxygens (including phenoxy) is 1. The summed E-state index contributed by atoms with van der Waals surface area (Å²) in [5.74, 6) is -0.336. The maximum absolute atomic E-state index is 12.0. The van der Waals surface area contributed by atoms with Crippen molar-refractivity contribution in [3.8, 4) is 5.75 Å². The van der Waals surface area contributed by atoms with E-state index in [1.807, 2.05) is 0 Å². The van der Waals surface area contributed by atoms with Gasteiger partial charge in [0.25, 0.3) is 0 Å². The third-order valence-corrected chi connectivity index (χ3v) is 2.99. The smallest absolute Gasteiger partial charge is 0.303 e. The number of hydrogen-bond donors (Lipinski definition) is 1. The van der Waals surface area contributed by atoms with Crippen LogP contribution in [0.5, 0.6) is 5.75 Å². The molecule has 104 valence electrons. The van der Waals surface area contributed by atoms with E-state index in [9.17, 15) is 9.59 Å². The largest absolute Gasteiger partial charge is 0.496 e. The van der Waals surface area contributed by atoms with Crippen molar-refractivity contribution < 1.29 is 19.4 Å². The first kappa shape index (κ1) is 15.5. The normalized spacial score (nSPS) is 10.2. The Balaban J connectivity index is 2.47. The fourth-order valence-electron chi connectivity index (χ4n) is 1.77. The average molecular weight is 285 g/mol. The first-order chi connectivity index (χ1) is 9.04. The molecule has 0 bridgehead atoms. The van der Waals surface area contributed by atoms with Crippen LogP contribution in [0.3, 0.4) is 0 Å². The molecule has 1 rings (SSSR count). The molecule has 0 heterocycles. The van der Waals surface area contributed by atoms with Gasteiger partial charge in [-0.1, -0.05) is 18.0 Å². The molecular formula is C14H17ClO4. The van der Waals surface area contributed by atoms with Gasteiger partial charge in [-0.2, -0.15) is 0 Å². The van der Waals surface area contributed by atoms with Gasteiger partial charge in [0, 0.05) is 17.9 Å². The topological polar surface area (TPSA) is 63.6 Å². The molecule has 0 amide bonds. The molecule has 0 atom stereocenters. The van der Waals surface area contributed by atoms with Gasteiger partial charge in [0.1, 0.15) is 5.75 Å². The number of carbonyl (C=O) groups excluding carboxylic acids is 1. The Morgan fingerprint density at radius 3 is 2.53 bits per heavy atom. The first-order valence-electron chi connectivity index (χ1n) is 6.13. The summed E-state index contributed by atoms with van der Waals surface area (Å²) in [6.07, 6.45) is 2.54. The molecule has 19 heavy (non-hydrogen) atoms. The molecule has 0 radical (unpaired) electrons. The van der Waals surface area contributed by atoms with Crippen molar-refractivity contribution in [1.29, 1.82) is 0 Å². The Labute approximate surface area is 117 Å². The van der Waals surface area contributed by atoms with E-state index in [1.54, 1.807) is 18.2 Å². The van der Waals surface area contributed by atoms with Gasteiger partial charge in [-0.3, -0.25) is 9.59 Å². The summed E-state index contributed by atoms with van der Waals surface area (Å²) >= 11 is 5.83. The van der Waals surface area contributed by atoms with Gasteiger partial charge in [-0.15, -0.1) is 0 Å². The van der Waals surface area contributed by atoms with E-state index in [2.05, 4.69) is 0 Å². The Kier molecular flexibility index (Phi) is 6.36. The molecule has 0 aliphatic rings. The van der Waals surface area contributed by atoms with Crippen molar-refractivity contribution in [1.82, 2.24) is 0 Å². The molecule has 0 aliphatic carbocycles. The number of rotatable bonds is 8. The Hall–Kier alpha value is -1.55. The quantitative estimate of drug-likeness (QED) is 0.585. The molecule has 0 saturated heterocycles. The molecule has 4 nitrogen and oxygen atoms in total. The summed E-state index contributed by atoms with van der Waals surface area (Å²) in [7, 11) is 1.50. The lowest BCUT2D eigenvalue weighted by molar-refractivity contribution is -0.137. The lowest BCUT2D eigenvalue weighted by Crippen LogP contribution is -2.02. The molecule has 5 heteroatoms. The molecule has 0 fully saturated rings. The van der Waals surface area contributed by atoms with Crippen LogP contribution < -0.4 is 4.74 Å². The van der Waals surface area contributed by atoms with Gasteiger partial charge in [-0.25, -0.2) is 0 Å². The minimum atomic E-state index is -0.800. The van der Waals surface area contributed by atoms with Gasteiger partial charge in [0.15, 0.2) is 5.78 Å². The standard InChI is InChI=1S/C14H17ClO4/c1-19-13-9-10(15)7-8-11(13)12(16)5-3-2-4-6-14(17)18/h7-9H,2-6H2,1H3,(H,17,18). The summed E-state index contributed by atoms with van der Waals surface area (Å²) in [4.78, 5) is 22.3. The third kappa shape index (κ3) is 5.30.